The molecule has 0 aromatic heterocycles. The van der Waals surface area contributed by atoms with Crippen molar-refractivity contribution in [1.29, 1.82) is 0 Å². The summed E-state index contributed by atoms with van der Waals surface area (Å²) >= 11 is 0. The number of benzene rings is 2. The number of ether oxygens (including phenoxy) is 1. The van der Waals surface area contributed by atoms with Crippen molar-refractivity contribution >= 4 is 17.9 Å². The number of carbonyl (C=O) groups is 2. The zero-order valence-corrected chi connectivity index (χ0v) is 15.5. The highest BCUT2D eigenvalue weighted by Gasteiger charge is 2.13. The molecule has 2 rings (SSSR count). The van der Waals surface area contributed by atoms with Gasteiger partial charge < -0.3 is 15.4 Å². The van der Waals surface area contributed by atoms with Crippen LogP contribution in [0.3, 0.4) is 0 Å². The lowest BCUT2D eigenvalue weighted by Gasteiger charge is -2.17. The van der Waals surface area contributed by atoms with Gasteiger partial charge in [-0.05, 0) is 43.7 Å². The second-order valence-electron chi connectivity index (χ2n) is 6.01. The number of hydrogen-bond donors (Lipinski definition) is 2. The Morgan fingerprint density at radius 1 is 1.12 bits per heavy atom. The van der Waals surface area contributed by atoms with Gasteiger partial charge in [0.2, 0.25) is 5.91 Å². The predicted molar refractivity (Wildman–Crippen MR) is 103 cm³/mol. The molecule has 1 atom stereocenters. The molecule has 0 spiro atoms. The molecule has 2 N–H and O–H groups in total. The number of amides is 2. The standard InChI is InChI=1S/C21H24N2O3/c1-14-5-11-19(26-4)18(13-14)15(2)23-20(24)12-8-16-6-9-17(10-7-16)21(25)22-3/h5-13,15H,1-4H3,(H,22,25)(H,23,24)/b12-8+. The third-order valence-corrected chi connectivity index (χ3v) is 4.04. The summed E-state index contributed by atoms with van der Waals surface area (Å²) in [5.41, 5.74) is 3.46. The molecule has 0 heterocycles. The fourth-order valence-corrected chi connectivity index (χ4v) is 2.59. The fraction of sp³-hybridized carbons (Fsp3) is 0.238. The van der Waals surface area contributed by atoms with Gasteiger partial charge in [-0.3, -0.25) is 9.59 Å². The Hall–Kier alpha value is -3.08. The minimum atomic E-state index is -0.198. The lowest BCUT2D eigenvalue weighted by atomic mass is 10.0. The van der Waals surface area contributed by atoms with E-state index in [4.69, 9.17) is 4.74 Å². The van der Waals surface area contributed by atoms with Crippen molar-refractivity contribution < 1.29 is 14.3 Å². The molecule has 2 aromatic carbocycles. The molecule has 2 aromatic rings. The van der Waals surface area contributed by atoms with Gasteiger partial charge in [0.05, 0.1) is 13.2 Å². The predicted octanol–water partition coefficient (Wildman–Crippen LogP) is 3.25. The molecular weight excluding hydrogens is 328 g/mol. The van der Waals surface area contributed by atoms with Crippen LogP contribution in [0.15, 0.2) is 48.5 Å². The zero-order chi connectivity index (χ0) is 19.1. The second kappa shape index (κ2) is 8.85. The van der Waals surface area contributed by atoms with Crippen LogP contribution in [0.4, 0.5) is 0 Å². The van der Waals surface area contributed by atoms with E-state index in [1.54, 1.807) is 44.5 Å². The Kier molecular flexibility index (Phi) is 6.55. The summed E-state index contributed by atoms with van der Waals surface area (Å²) in [6.07, 6.45) is 3.19. The van der Waals surface area contributed by atoms with Gasteiger partial charge in [-0.15, -0.1) is 0 Å². The fourth-order valence-electron chi connectivity index (χ4n) is 2.59. The van der Waals surface area contributed by atoms with Gasteiger partial charge in [0, 0.05) is 24.3 Å². The van der Waals surface area contributed by atoms with Gasteiger partial charge in [0.15, 0.2) is 0 Å². The molecule has 2 amide bonds. The highest BCUT2D eigenvalue weighted by atomic mass is 16.5. The van der Waals surface area contributed by atoms with Crippen LogP contribution in [-0.2, 0) is 4.79 Å². The molecule has 0 saturated heterocycles. The van der Waals surface area contributed by atoms with Gasteiger partial charge >= 0.3 is 0 Å². The lowest BCUT2D eigenvalue weighted by Crippen LogP contribution is -2.25. The summed E-state index contributed by atoms with van der Waals surface area (Å²) in [5, 5.41) is 5.51. The van der Waals surface area contributed by atoms with Crippen LogP contribution in [0, 0.1) is 6.92 Å². The lowest BCUT2D eigenvalue weighted by molar-refractivity contribution is -0.117. The average Bonchev–Trinajstić information content (AvgIpc) is 2.66. The third-order valence-electron chi connectivity index (χ3n) is 4.04. The molecule has 0 bridgehead atoms. The first-order chi connectivity index (χ1) is 12.4. The number of nitrogens with one attached hydrogen (secondary N) is 2. The molecule has 5 heteroatoms. The molecule has 136 valence electrons. The Morgan fingerprint density at radius 2 is 1.81 bits per heavy atom. The Balaban J connectivity index is 2.03. The van der Waals surface area contributed by atoms with Crippen molar-refractivity contribution in [2.75, 3.05) is 14.2 Å². The average molecular weight is 352 g/mol. The SMILES string of the molecule is CNC(=O)c1ccc(/C=C/C(=O)NC(C)c2cc(C)ccc2OC)cc1. The van der Waals surface area contributed by atoms with Crippen LogP contribution in [0.1, 0.15) is 40.0 Å². The maximum absolute atomic E-state index is 12.2. The van der Waals surface area contributed by atoms with Crippen LogP contribution >= 0.6 is 0 Å². The number of hydrogen-bond acceptors (Lipinski definition) is 3. The molecule has 0 aliphatic carbocycles. The van der Waals surface area contributed by atoms with Crippen molar-refractivity contribution in [2.24, 2.45) is 0 Å². The van der Waals surface area contributed by atoms with Crippen LogP contribution in [0.25, 0.3) is 6.08 Å². The first-order valence-electron chi connectivity index (χ1n) is 8.40. The number of carbonyl (C=O) groups excluding carboxylic acids is 2. The van der Waals surface area contributed by atoms with Crippen LogP contribution in [0.5, 0.6) is 5.75 Å². The van der Waals surface area contributed by atoms with Gasteiger partial charge in [0.1, 0.15) is 5.75 Å². The Labute approximate surface area is 154 Å². The molecule has 1 unspecified atom stereocenters. The number of rotatable bonds is 6. The highest BCUT2D eigenvalue weighted by Crippen LogP contribution is 2.26. The van der Waals surface area contributed by atoms with E-state index in [9.17, 15) is 9.59 Å². The molecular formula is C21H24N2O3. The monoisotopic (exact) mass is 352 g/mol. The van der Waals surface area contributed by atoms with Crippen molar-refractivity contribution in [3.8, 4) is 5.75 Å². The molecule has 0 fully saturated rings. The highest BCUT2D eigenvalue weighted by molar-refractivity contribution is 5.95. The van der Waals surface area contributed by atoms with Crippen molar-refractivity contribution in [1.82, 2.24) is 10.6 Å². The minimum Gasteiger partial charge on any atom is -0.496 e. The van der Waals surface area contributed by atoms with Crippen molar-refractivity contribution in [3.63, 3.8) is 0 Å². The topological polar surface area (TPSA) is 67.4 Å². The quantitative estimate of drug-likeness (QED) is 0.784. The number of methoxy groups -OCH3 is 1. The Bertz CT molecular complexity index is 811. The normalized spacial score (nSPS) is 11.8. The largest absolute Gasteiger partial charge is 0.496 e. The first-order valence-corrected chi connectivity index (χ1v) is 8.40. The van der Waals surface area contributed by atoms with Gasteiger partial charge in [-0.1, -0.05) is 29.8 Å². The van der Waals surface area contributed by atoms with E-state index in [1.807, 2.05) is 32.0 Å². The van der Waals surface area contributed by atoms with E-state index in [0.717, 1.165) is 22.4 Å². The third kappa shape index (κ3) is 4.96. The smallest absolute Gasteiger partial charge is 0.251 e. The van der Waals surface area contributed by atoms with E-state index >= 15 is 0 Å². The second-order valence-corrected chi connectivity index (χ2v) is 6.01. The minimum absolute atomic E-state index is 0.140. The zero-order valence-electron chi connectivity index (χ0n) is 15.5. The van der Waals surface area contributed by atoms with Gasteiger partial charge in [-0.2, -0.15) is 0 Å². The summed E-state index contributed by atoms with van der Waals surface area (Å²) in [4.78, 5) is 23.7. The van der Waals surface area contributed by atoms with E-state index in [-0.39, 0.29) is 17.9 Å². The van der Waals surface area contributed by atoms with Crippen LogP contribution in [-0.4, -0.2) is 26.0 Å². The van der Waals surface area contributed by atoms with Crippen LogP contribution in [0.2, 0.25) is 0 Å². The van der Waals surface area contributed by atoms with Crippen LogP contribution < -0.4 is 15.4 Å². The molecule has 0 aliphatic heterocycles. The van der Waals surface area contributed by atoms with Gasteiger partial charge in [0.25, 0.3) is 5.91 Å². The molecule has 5 nitrogen and oxygen atoms in total. The van der Waals surface area contributed by atoms with Crippen molar-refractivity contribution in [3.05, 3.63) is 70.8 Å². The summed E-state index contributed by atoms with van der Waals surface area (Å²) < 4.78 is 5.37. The number of aryl methyl sites for hydroxylation is 1. The molecule has 0 saturated carbocycles. The summed E-state index contributed by atoms with van der Waals surface area (Å²) in [5.74, 6) is 0.410. The van der Waals surface area contributed by atoms with E-state index < -0.39 is 0 Å². The van der Waals surface area contributed by atoms with E-state index in [0.29, 0.717) is 5.56 Å². The Morgan fingerprint density at radius 3 is 2.42 bits per heavy atom. The molecule has 0 aliphatic rings. The van der Waals surface area contributed by atoms with Gasteiger partial charge in [-0.25, -0.2) is 0 Å². The van der Waals surface area contributed by atoms with E-state index in [1.165, 1.54) is 6.08 Å². The molecule has 26 heavy (non-hydrogen) atoms. The summed E-state index contributed by atoms with van der Waals surface area (Å²) in [6, 6.07) is 12.7. The van der Waals surface area contributed by atoms with E-state index in [2.05, 4.69) is 10.6 Å². The summed E-state index contributed by atoms with van der Waals surface area (Å²) in [7, 11) is 3.20. The van der Waals surface area contributed by atoms with Crippen molar-refractivity contribution in [2.45, 2.75) is 19.9 Å². The maximum Gasteiger partial charge on any atom is 0.251 e. The maximum atomic E-state index is 12.2. The molecule has 0 radical (unpaired) electrons. The summed E-state index contributed by atoms with van der Waals surface area (Å²) in [6.45, 7) is 3.92. The first kappa shape index (κ1) is 19.2.